The van der Waals surface area contributed by atoms with Crippen LogP contribution < -0.4 is 15.6 Å². The van der Waals surface area contributed by atoms with Crippen LogP contribution in [0.2, 0.25) is 0 Å². The van der Waals surface area contributed by atoms with E-state index in [2.05, 4.69) is 10.4 Å². The number of rotatable bonds is 8. The number of anilines is 1. The molecule has 0 spiro atoms. The fourth-order valence-corrected chi connectivity index (χ4v) is 3.76. The minimum Gasteiger partial charge on any atom is -0.494 e. The lowest BCUT2D eigenvalue weighted by molar-refractivity contribution is -0.119. The average Bonchev–Trinajstić information content (AvgIpc) is 3.14. The number of nitrogens with one attached hydrogen (secondary N) is 1. The molecule has 9 nitrogen and oxygen atoms in total. The molecule has 0 fully saturated rings. The Hall–Kier alpha value is -3.24. The van der Waals surface area contributed by atoms with Crippen LogP contribution in [0.3, 0.4) is 0 Å². The minimum atomic E-state index is -0.658. The fourth-order valence-electron chi connectivity index (χ4n) is 2.81. The molecule has 0 radical (unpaired) electrons. The Kier molecular flexibility index (Phi) is 6.80. The molecule has 0 bridgehead atoms. The molecule has 0 aliphatic carbocycles. The number of nitrogens with zero attached hydrogens (tertiary/aromatic N) is 2. The summed E-state index contributed by atoms with van der Waals surface area (Å²) in [7, 11) is 1.40. The van der Waals surface area contributed by atoms with Crippen molar-refractivity contribution in [3.05, 3.63) is 45.7 Å². The Bertz CT molecular complexity index is 1120. The number of amides is 1. The molecule has 158 valence electrons. The van der Waals surface area contributed by atoms with Crippen molar-refractivity contribution in [3.63, 3.8) is 0 Å². The summed E-state index contributed by atoms with van der Waals surface area (Å²) < 4.78 is 16.5. The third-order valence-corrected chi connectivity index (χ3v) is 4.94. The first-order valence-electron chi connectivity index (χ1n) is 9.23. The number of aromatic nitrogens is 2. The number of ether oxygens (including phenoxy) is 3. The lowest BCUT2D eigenvalue weighted by Crippen LogP contribution is -2.26. The fraction of sp³-hybridized carbons (Fsp3) is 0.300. The van der Waals surface area contributed by atoms with E-state index in [1.807, 2.05) is 6.92 Å². The standard InChI is InChI=1S/C20H21N3O6S/c1-4-28-13-8-6-12(7-9-13)23-19(25)16-14(17(22-23)20(26)29-5-2)11-30-18(16)21-15(24)10-27-3/h6-9,11H,4-5,10H2,1-3H3,(H,21,24). The summed E-state index contributed by atoms with van der Waals surface area (Å²) in [5.41, 5.74) is -0.0451. The molecule has 10 heteroatoms. The van der Waals surface area contributed by atoms with E-state index in [9.17, 15) is 14.4 Å². The Morgan fingerprint density at radius 3 is 2.53 bits per heavy atom. The summed E-state index contributed by atoms with van der Waals surface area (Å²) in [6.45, 7) is 4.06. The average molecular weight is 431 g/mol. The Labute approximate surface area is 176 Å². The Morgan fingerprint density at radius 2 is 1.90 bits per heavy atom. The highest BCUT2D eigenvalue weighted by Gasteiger charge is 2.23. The second kappa shape index (κ2) is 9.51. The van der Waals surface area contributed by atoms with E-state index < -0.39 is 17.4 Å². The van der Waals surface area contributed by atoms with Crippen molar-refractivity contribution in [2.24, 2.45) is 0 Å². The monoisotopic (exact) mass is 431 g/mol. The van der Waals surface area contributed by atoms with Gasteiger partial charge in [-0.25, -0.2) is 4.79 Å². The number of carbonyl (C=O) groups excluding carboxylic acids is 2. The number of esters is 1. The van der Waals surface area contributed by atoms with E-state index >= 15 is 0 Å². The normalized spacial score (nSPS) is 10.8. The number of hydrogen-bond donors (Lipinski definition) is 1. The largest absolute Gasteiger partial charge is 0.494 e. The van der Waals surface area contributed by atoms with Crippen LogP contribution >= 0.6 is 11.3 Å². The first kappa shape index (κ1) is 21.5. The van der Waals surface area contributed by atoms with Crippen molar-refractivity contribution in [3.8, 4) is 11.4 Å². The maximum absolute atomic E-state index is 13.2. The molecule has 0 saturated heterocycles. The van der Waals surface area contributed by atoms with Crippen molar-refractivity contribution in [2.75, 3.05) is 32.2 Å². The number of hydrogen-bond acceptors (Lipinski definition) is 8. The SMILES string of the molecule is CCOC(=O)c1nn(-c2ccc(OCC)cc2)c(=O)c2c(NC(=O)COC)scc12. The first-order chi connectivity index (χ1) is 14.5. The smallest absolute Gasteiger partial charge is 0.359 e. The van der Waals surface area contributed by atoms with Crippen molar-refractivity contribution in [2.45, 2.75) is 13.8 Å². The van der Waals surface area contributed by atoms with Gasteiger partial charge in [0.15, 0.2) is 5.69 Å². The molecule has 0 saturated carbocycles. The van der Waals surface area contributed by atoms with Gasteiger partial charge < -0.3 is 19.5 Å². The van der Waals surface area contributed by atoms with E-state index in [1.165, 1.54) is 7.11 Å². The molecule has 2 heterocycles. The van der Waals surface area contributed by atoms with Crippen LogP contribution in [-0.2, 0) is 14.3 Å². The molecule has 0 aliphatic heterocycles. The van der Waals surface area contributed by atoms with Gasteiger partial charge >= 0.3 is 5.97 Å². The van der Waals surface area contributed by atoms with Crippen molar-refractivity contribution in [1.29, 1.82) is 0 Å². The summed E-state index contributed by atoms with van der Waals surface area (Å²) in [5, 5.41) is 9.31. The van der Waals surface area contributed by atoms with E-state index in [4.69, 9.17) is 14.2 Å². The zero-order chi connectivity index (χ0) is 21.7. The number of carbonyl (C=O) groups is 2. The van der Waals surface area contributed by atoms with Crippen LogP contribution in [0.25, 0.3) is 16.5 Å². The number of thiophene rings is 1. The Morgan fingerprint density at radius 1 is 1.17 bits per heavy atom. The van der Waals surface area contributed by atoms with Gasteiger partial charge in [0.05, 0.1) is 24.3 Å². The van der Waals surface area contributed by atoms with Gasteiger partial charge in [0.25, 0.3) is 11.5 Å². The van der Waals surface area contributed by atoms with Crippen molar-refractivity contribution in [1.82, 2.24) is 9.78 Å². The third-order valence-electron chi connectivity index (χ3n) is 4.04. The van der Waals surface area contributed by atoms with Crippen molar-refractivity contribution >= 4 is 39.0 Å². The van der Waals surface area contributed by atoms with Crippen LogP contribution in [0.5, 0.6) is 5.75 Å². The molecule has 30 heavy (non-hydrogen) atoms. The quantitative estimate of drug-likeness (QED) is 0.546. The zero-order valence-electron chi connectivity index (χ0n) is 16.8. The molecule has 1 N–H and O–H groups in total. The lowest BCUT2D eigenvalue weighted by Gasteiger charge is -2.10. The van der Waals surface area contributed by atoms with Gasteiger partial charge in [-0.3, -0.25) is 9.59 Å². The zero-order valence-corrected chi connectivity index (χ0v) is 17.6. The summed E-state index contributed by atoms with van der Waals surface area (Å²) in [5.74, 6) is -0.429. The second-order valence-corrected chi connectivity index (χ2v) is 6.93. The Balaban J connectivity index is 2.18. The topological polar surface area (TPSA) is 109 Å². The maximum atomic E-state index is 13.2. The van der Waals surface area contributed by atoms with E-state index in [1.54, 1.807) is 36.6 Å². The van der Waals surface area contributed by atoms with Crippen LogP contribution in [0.15, 0.2) is 34.4 Å². The van der Waals surface area contributed by atoms with Gasteiger partial charge in [0.1, 0.15) is 17.4 Å². The second-order valence-electron chi connectivity index (χ2n) is 6.05. The van der Waals surface area contributed by atoms with Crippen LogP contribution in [-0.4, -0.2) is 48.6 Å². The predicted molar refractivity (Wildman–Crippen MR) is 113 cm³/mol. The first-order valence-corrected chi connectivity index (χ1v) is 10.1. The minimum absolute atomic E-state index is 0.0103. The van der Waals surface area contributed by atoms with Gasteiger partial charge in [-0.1, -0.05) is 0 Å². The molecule has 2 aromatic heterocycles. The van der Waals surface area contributed by atoms with E-state index in [-0.39, 0.29) is 24.3 Å². The molecular weight excluding hydrogens is 410 g/mol. The van der Waals surface area contributed by atoms with Gasteiger partial charge in [-0.05, 0) is 38.1 Å². The van der Waals surface area contributed by atoms with Crippen LogP contribution in [0, 0.1) is 0 Å². The lowest BCUT2D eigenvalue weighted by atomic mass is 10.2. The van der Waals surface area contributed by atoms with Gasteiger partial charge in [-0.2, -0.15) is 9.78 Å². The maximum Gasteiger partial charge on any atom is 0.359 e. The molecule has 1 aromatic carbocycles. The van der Waals surface area contributed by atoms with Gasteiger partial charge in [0, 0.05) is 17.9 Å². The van der Waals surface area contributed by atoms with Gasteiger partial charge in [0.2, 0.25) is 0 Å². The number of methoxy groups -OCH3 is 1. The molecule has 0 atom stereocenters. The highest BCUT2D eigenvalue weighted by Crippen LogP contribution is 2.30. The summed E-state index contributed by atoms with van der Waals surface area (Å²) in [6.07, 6.45) is 0. The highest BCUT2D eigenvalue weighted by molar-refractivity contribution is 7.16. The summed E-state index contributed by atoms with van der Waals surface area (Å²) in [6, 6.07) is 6.73. The van der Waals surface area contributed by atoms with Crippen LogP contribution in [0.1, 0.15) is 24.3 Å². The molecular formula is C20H21N3O6S. The molecule has 0 unspecified atom stereocenters. The van der Waals surface area contributed by atoms with E-state index in [0.29, 0.717) is 28.4 Å². The summed E-state index contributed by atoms with van der Waals surface area (Å²) >= 11 is 1.13. The summed E-state index contributed by atoms with van der Waals surface area (Å²) in [4.78, 5) is 37.7. The highest BCUT2D eigenvalue weighted by atomic mass is 32.1. The number of fused-ring (bicyclic) bond motifs is 1. The van der Waals surface area contributed by atoms with E-state index in [0.717, 1.165) is 16.0 Å². The number of benzene rings is 1. The van der Waals surface area contributed by atoms with Crippen LogP contribution in [0.4, 0.5) is 5.00 Å². The van der Waals surface area contributed by atoms with Gasteiger partial charge in [-0.15, -0.1) is 11.3 Å². The molecule has 3 aromatic rings. The molecule has 1 amide bonds. The third kappa shape index (κ3) is 4.34. The molecule has 3 rings (SSSR count). The predicted octanol–water partition coefficient (Wildman–Crippen LogP) is 2.61. The van der Waals surface area contributed by atoms with Crippen molar-refractivity contribution < 1.29 is 23.8 Å². The molecule has 0 aliphatic rings.